The third-order valence-corrected chi connectivity index (χ3v) is 6.18. The summed E-state index contributed by atoms with van der Waals surface area (Å²) in [5.41, 5.74) is 3.00. The minimum absolute atomic E-state index is 0.149. The standard InChI is InChI=1S/C14H19N3O3S2/c1-9(2)11-7-13(10(3)6-12(11)20-5)22(18,19)17(4)14-16-15-8-21-14/h6-9H,1-5H3. The van der Waals surface area contributed by atoms with E-state index >= 15 is 0 Å². The van der Waals surface area contributed by atoms with Crippen molar-refractivity contribution in [3.8, 4) is 5.75 Å². The summed E-state index contributed by atoms with van der Waals surface area (Å²) in [5, 5.41) is 7.84. The zero-order chi connectivity index (χ0) is 16.5. The molecule has 0 aliphatic carbocycles. The Morgan fingerprint density at radius 3 is 2.50 bits per heavy atom. The summed E-state index contributed by atoms with van der Waals surface area (Å²) in [4.78, 5) is 0.259. The van der Waals surface area contributed by atoms with Gasteiger partial charge in [0.1, 0.15) is 11.3 Å². The number of nitrogens with zero attached hydrogens (tertiary/aromatic N) is 3. The predicted octanol–water partition coefficient (Wildman–Crippen LogP) is 2.80. The summed E-state index contributed by atoms with van der Waals surface area (Å²) in [6, 6.07) is 3.45. The average Bonchev–Trinajstić information content (AvgIpc) is 2.99. The number of benzene rings is 1. The number of hydrogen-bond acceptors (Lipinski definition) is 6. The van der Waals surface area contributed by atoms with Crippen molar-refractivity contribution >= 4 is 26.5 Å². The molecule has 0 radical (unpaired) electrons. The first-order valence-corrected chi connectivity index (χ1v) is 9.04. The van der Waals surface area contributed by atoms with Crippen LogP contribution in [0, 0.1) is 6.92 Å². The maximum atomic E-state index is 12.8. The van der Waals surface area contributed by atoms with E-state index in [1.54, 1.807) is 26.2 Å². The normalized spacial score (nSPS) is 11.7. The van der Waals surface area contributed by atoms with Crippen molar-refractivity contribution in [2.24, 2.45) is 0 Å². The van der Waals surface area contributed by atoms with Crippen LogP contribution in [0.25, 0.3) is 0 Å². The van der Waals surface area contributed by atoms with Crippen molar-refractivity contribution in [1.82, 2.24) is 10.2 Å². The smallest absolute Gasteiger partial charge is 0.266 e. The Balaban J connectivity index is 2.58. The van der Waals surface area contributed by atoms with Crippen molar-refractivity contribution in [3.63, 3.8) is 0 Å². The number of ether oxygens (including phenoxy) is 1. The van der Waals surface area contributed by atoms with E-state index in [0.29, 0.717) is 16.4 Å². The molecule has 2 aromatic rings. The van der Waals surface area contributed by atoms with Gasteiger partial charge in [0.15, 0.2) is 0 Å². The van der Waals surface area contributed by atoms with Gasteiger partial charge in [0.05, 0.1) is 12.0 Å². The van der Waals surface area contributed by atoms with E-state index < -0.39 is 10.0 Å². The summed E-state index contributed by atoms with van der Waals surface area (Å²) in [7, 11) is -0.622. The molecular formula is C14H19N3O3S2. The van der Waals surface area contributed by atoms with Crippen LogP contribution in [0.3, 0.4) is 0 Å². The van der Waals surface area contributed by atoms with Gasteiger partial charge < -0.3 is 4.74 Å². The molecule has 0 aliphatic rings. The molecular weight excluding hydrogens is 322 g/mol. The van der Waals surface area contributed by atoms with E-state index in [1.165, 1.54) is 23.9 Å². The van der Waals surface area contributed by atoms with Gasteiger partial charge in [0.2, 0.25) is 5.13 Å². The molecule has 0 aliphatic heterocycles. The van der Waals surface area contributed by atoms with Gasteiger partial charge in [0, 0.05) is 7.05 Å². The molecule has 0 N–H and O–H groups in total. The van der Waals surface area contributed by atoms with Gasteiger partial charge in [-0.25, -0.2) is 12.7 Å². The van der Waals surface area contributed by atoms with E-state index in [2.05, 4.69) is 10.2 Å². The SMILES string of the molecule is COc1cc(C)c(S(=O)(=O)N(C)c2nncs2)cc1C(C)C. The van der Waals surface area contributed by atoms with Crippen LogP contribution in [-0.2, 0) is 10.0 Å². The van der Waals surface area contributed by atoms with Gasteiger partial charge in [0.25, 0.3) is 10.0 Å². The van der Waals surface area contributed by atoms with Gasteiger partial charge in [-0.2, -0.15) is 0 Å². The molecule has 0 saturated heterocycles. The van der Waals surface area contributed by atoms with Crippen LogP contribution in [0.4, 0.5) is 5.13 Å². The number of methoxy groups -OCH3 is 1. The zero-order valence-electron chi connectivity index (χ0n) is 13.2. The Bertz CT molecular complexity index is 756. The van der Waals surface area contributed by atoms with E-state index in [0.717, 1.165) is 9.87 Å². The second kappa shape index (κ2) is 6.21. The molecule has 8 heteroatoms. The van der Waals surface area contributed by atoms with Gasteiger partial charge in [-0.3, -0.25) is 0 Å². The number of rotatable bonds is 5. The molecule has 0 bridgehead atoms. The Hall–Kier alpha value is -1.67. The predicted molar refractivity (Wildman–Crippen MR) is 87.3 cm³/mol. The Morgan fingerprint density at radius 1 is 1.32 bits per heavy atom. The molecule has 0 fully saturated rings. The largest absolute Gasteiger partial charge is 0.496 e. The minimum atomic E-state index is -3.69. The van der Waals surface area contributed by atoms with Gasteiger partial charge in [-0.15, -0.1) is 10.2 Å². The van der Waals surface area contributed by atoms with Crippen molar-refractivity contribution in [2.75, 3.05) is 18.5 Å². The molecule has 0 unspecified atom stereocenters. The number of aryl methyl sites for hydroxylation is 1. The first-order valence-electron chi connectivity index (χ1n) is 6.72. The van der Waals surface area contributed by atoms with Crippen LogP contribution < -0.4 is 9.04 Å². The Kier molecular flexibility index (Phi) is 4.72. The molecule has 6 nitrogen and oxygen atoms in total. The van der Waals surface area contributed by atoms with Crippen LogP contribution in [0.1, 0.15) is 30.9 Å². The number of sulfonamides is 1. The molecule has 0 atom stereocenters. The van der Waals surface area contributed by atoms with E-state index in [1.807, 2.05) is 13.8 Å². The van der Waals surface area contributed by atoms with Crippen molar-refractivity contribution < 1.29 is 13.2 Å². The summed E-state index contributed by atoms with van der Waals surface area (Å²) < 4.78 is 32.2. The molecule has 120 valence electrons. The maximum absolute atomic E-state index is 12.8. The highest BCUT2D eigenvalue weighted by molar-refractivity contribution is 7.93. The molecule has 0 amide bonds. The number of aromatic nitrogens is 2. The minimum Gasteiger partial charge on any atom is -0.496 e. The van der Waals surface area contributed by atoms with Crippen molar-refractivity contribution in [3.05, 3.63) is 28.8 Å². The highest BCUT2D eigenvalue weighted by Crippen LogP contribution is 2.33. The Morgan fingerprint density at radius 2 is 2.00 bits per heavy atom. The monoisotopic (exact) mass is 341 g/mol. The summed E-state index contributed by atoms with van der Waals surface area (Å²) in [6.07, 6.45) is 0. The molecule has 0 saturated carbocycles. The van der Waals surface area contributed by atoms with Gasteiger partial charge in [-0.05, 0) is 36.1 Å². The first-order chi connectivity index (χ1) is 10.3. The van der Waals surface area contributed by atoms with Crippen LogP contribution in [0.2, 0.25) is 0 Å². The molecule has 1 aromatic heterocycles. The number of anilines is 1. The maximum Gasteiger partial charge on any atom is 0.266 e. The van der Waals surface area contributed by atoms with E-state index in [-0.39, 0.29) is 10.8 Å². The molecule has 1 heterocycles. The topological polar surface area (TPSA) is 72.4 Å². The molecule has 1 aromatic carbocycles. The highest BCUT2D eigenvalue weighted by Gasteiger charge is 2.27. The summed E-state index contributed by atoms with van der Waals surface area (Å²) >= 11 is 1.18. The summed E-state index contributed by atoms with van der Waals surface area (Å²) in [6.45, 7) is 5.75. The zero-order valence-corrected chi connectivity index (χ0v) is 14.8. The third kappa shape index (κ3) is 2.93. The van der Waals surface area contributed by atoms with Crippen molar-refractivity contribution in [1.29, 1.82) is 0 Å². The Labute approximate surface area is 134 Å². The molecule has 2 rings (SSSR count). The second-order valence-corrected chi connectivity index (χ2v) is 7.96. The third-order valence-electron chi connectivity index (χ3n) is 3.41. The van der Waals surface area contributed by atoms with E-state index in [9.17, 15) is 8.42 Å². The molecule has 0 spiro atoms. The van der Waals surface area contributed by atoms with Crippen LogP contribution in [0.15, 0.2) is 22.5 Å². The van der Waals surface area contributed by atoms with Gasteiger partial charge >= 0.3 is 0 Å². The lowest BCUT2D eigenvalue weighted by atomic mass is 10.0. The molecule has 22 heavy (non-hydrogen) atoms. The fraction of sp³-hybridized carbons (Fsp3) is 0.429. The summed E-state index contributed by atoms with van der Waals surface area (Å²) in [5.74, 6) is 0.848. The van der Waals surface area contributed by atoms with Gasteiger partial charge in [-0.1, -0.05) is 25.2 Å². The lowest BCUT2D eigenvalue weighted by molar-refractivity contribution is 0.406. The average molecular weight is 341 g/mol. The fourth-order valence-corrected chi connectivity index (χ4v) is 4.27. The van der Waals surface area contributed by atoms with Crippen LogP contribution >= 0.6 is 11.3 Å². The highest BCUT2D eigenvalue weighted by atomic mass is 32.2. The lowest BCUT2D eigenvalue weighted by Gasteiger charge is -2.20. The number of hydrogen-bond donors (Lipinski definition) is 0. The van der Waals surface area contributed by atoms with Crippen LogP contribution in [-0.4, -0.2) is 32.8 Å². The second-order valence-electron chi connectivity index (χ2n) is 5.21. The first kappa shape index (κ1) is 16.7. The lowest BCUT2D eigenvalue weighted by Crippen LogP contribution is -2.27. The quantitative estimate of drug-likeness (QED) is 0.836. The van der Waals surface area contributed by atoms with Crippen LogP contribution in [0.5, 0.6) is 5.75 Å². The fourth-order valence-electron chi connectivity index (χ4n) is 2.14. The van der Waals surface area contributed by atoms with Crippen molar-refractivity contribution in [2.45, 2.75) is 31.6 Å². The van der Waals surface area contributed by atoms with E-state index in [4.69, 9.17) is 4.74 Å².